The number of ether oxygens (including phenoxy) is 1. The maximum absolute atomic E-state index is 13.3. The van der Waals surface area contributed by atoms with Crippen LogP contribution in [0.4, 0.5) is 18.9 Å². The lowest BCUT2D eigenvalue weighted by Gasteiger charge is -2.40. The van der Waals surface area contributed by atoms with Gasteiger partial charge in [0.25, 0.3) is 0 Å². The number of pyridine rings is 1. The van der Waals surface area contributed by atoms with E-state index in [-0.39, 0.29) is 25.2 Å². The predicted octanol–water partition coefficient (Wildman–Crippen LogP) is 3.73. The summed E-state index contributed by atoms with van der Waals surface area (Å²) in [7, 11) is 0. The Morgan fingerprint density at radius 1 is 1.28 bits per heavy atom. The summed E-state index contributed by atoms with van der Waals surface area (Å²) in [4.78, 5) is 8.01. The second-order valence-corrected chi connectivity index (χ2v) is 7.81. The monoisotopic (exact) mass is 404 g/mol. The number of halogens is 3. The van der Waals surface area contributed by atoms with E-state index in [1.54, 1.807) is 12.3 Å². The van der Waals surface area contributed by atoms with Crippen molar-refractivity contribution in [2.24, 2.45) is 0 Å². The van der Waals surface area contributed by atoms with Crippen LogP contribution in [-0.2, 0) is 4.74 Å². The first kappa shape index (κ1) is 19.9. The third-order valence-electron chi connectivity index (χ3n) is 5.71. The molecule has 2 aliphatic rings. The largest absolute Gasteiger partial charge is 0.404 e. The Morgan fingerprint density at radius 3 is 2.86 bits per heavy atom. The molecule has 1 aromatic carbocycles. The summed E-state index contributed by atoms with van der Waals surface area (Å²) in [5.74, 6) is 0. The van der Waals surface area contributed by atoms with Crippen LogP contribution in [0.25, 0.3) is 10.9 Å². The molecular weight excluding hydrogens is 381 g/mol. The van der Waals surface area contributed by atoms with Crippen molar-refractivity contribution >= 4 is 16.6 Å². The van der Waals surface area contributed by atoms with Crippen molar-refractivity contribution in [3.05, 3.63) is 36.0 Å². The van der Waals surface area contributed by atoms with Gasteiger partial charge < -0.3 is 9.64 Å². The maximum atomic E-state index is 13.3. The van der Waals surface area contributed by atoms with Crippen molar-refractivity contribution in [2.75, 3.05) is 31.1 Å². The minimum absolute atomic E-state index is 0.108. The molecular formula is C21H23F3N4O. The lowest BCUT2D eigenvalue weighted by molar-refractivity contribution is -0.180. The van der Waals surface area contributed by atoms with Gasteiger partial charge in [0.05, 0.1) is 23.3 Å². The molecule has 2 saturated heterocycles. The van der Waals surface area contributed by atoms with Gasteiger partial charge in [-0.15, -0.1) is 0 Å². The summed E-state index contributed by atoms with van der Waals surface area (Å²) >= 11 is 0. The Bertz CT molecular complexity index is 926. The molecule has 3 heterocycles. The number of rotatable bonds is 3. The third-order valence-corrected chi connectivity index (χ3v) is 5.71. The van der Waals surface area contributed by atoms with Crippen molar-refractivity contribution in [3.63, 3.8) is 0 Å². The van der Waals surface area contributed by atoms with Gasteiger partial charge >= 0.3 is 6.18 Å². The molecule has 0 spiro atoms. The first-order valence-corrected chi connectivity index (χ1v) is 9.86. The minimum Gasteiger partial charge on any atom is -0.370 e. The molecule has 29 heavy (non-hydrogen) atoms. The van der Waals surface area contributed by atoms with Crippen LogP contribution >= 0.6 is 0 Å². The second-order valence-electron chi connectivity index (χ2n) is 7.81. The molecule has 5 nitrogen and oxygen atoms in total. The molecule has 0 N–H and O–H groups in total. The smallest absolute Gasteiger partial charge is 0.370 e. The molecule has 3 atom stereocenters. The van der Waals surface area contributed by atoms with Crippen LogP contribution in [0.5, 0.6) is 0 Å². The normalized spacial score (nSPS) is 26.0. The highest BCUT2D eigenvalue weighted by atomic mass is 19.4. The number of morpholine rings is 1. The van der Waals surface area contributed by atoms with E-state index in [0.717, 1.165) is 11.1 Å². The number of alkyl halides is 3. The number of hydrogen-bond acceptors (Lipinski definition) is 5. The molecule has 8 heteroatoms. The van der Waals surface area contributed by atoms with Crippen molar-refractivity contribution < 1.29 is 17.9 Å². The number of fused-ring (bicyclic) bond motifs is 1. The quantitative estimate of drug-likeness (QED) is 0.780. The fourth-order valence-corrected chi connectivity index (χ4v) is 4.54. The first-order valence-electron chi connectivity index (χ1n) is 9.86. The fraction of sp³-hybridized carbons (Fsp3) is 0.524. The second kappa shape index (κ2) is 7.81. The van der Waals surface area contributed by atoms with Crippen LogP contribution in [0.1, 0.15) is 25.3 Å². The zero-order valence-corrected chi connectivity index (χ0v) is 16.2. The van der Waals surface area contributed by atoms with E-state index in [1.165, 1.54) is 4.90 Å². The number of nitrogens with zero attached hydrogens (tertiary/aromatic N) is 4. The van der Waals surface area contributed by atoms with Crippen molar-refractivity contribution in [3.8, 4) is 6.07 Å². The molecule has 4 rings (SSSR count). The van der Waals surface area contributed by atoms with Crippen LogP contribution in [0, 0.1) is 11.3 Å². The van der Waals surface area contributed by atoms with Crippen molar-refractivity contribution in [1.82, 2.24) is 9.88 Å². The number of benzene rings is 1. The van der Waals surface area contributed by atoms with E-state index in [4.69, 9.17) is 4.74 Å². The molecule has 154 valence electrons. The molecule has 0 amide bonds. The fourth-order valence-electron chi connectivity index (χ4n) is 4.54. The van der Waals surface area contributed by atoms with E-state index < -0.39 is 12.2 Å². The summed E-state index contributed by atoms with van der Waals surface area (Å²) in [6, 6.07) is 8.18. The number of anilines is 1. The van der Waals surface area contributed by atoms with Gasteiger partial charge in [0.2, 0.25) is 0 Å². The maximum Gasteiger partial charge on any atom is 0.404 e. The van der Waals surface area contributed by atoms with Gasteiger partial charge in [0.1, 0.15) is 12.1 Å². The van der Waals surface area contributed by atoms with Gasteiger partial charge in [-0.1, -0.05) is 0 Å². The van der Waals surface area contributed by atoms with E-state index in [9.17, 15) is 18.4 Å². The van der Waals surface area contributed by atoms with Gasteiger partial charge in [-0.05, 0) is 50.6 Å². The van der Waals surface area contributed by atoms with Crippen LogP contribution in [-0.4, -0.2) is 60.5 Å². The van der Waals surface area contributed by atoms with E-state index in [1.807, 2.05) is 25.1 Å². The first-order chi connectivity index (χ1) is 13.9. The average molecular weight is 404 g/mol. The van der Waals surface area contributed by atoms with Crippen molar-refractivity contribution in [2.45, 2.75) is 44.2 Å². The average Bonchev–Trinajstić information content (AvgIpc) is 3.15. The van der Waals surface area contributed by atoms with Gasteiger partial charge in [0, 0.05) is 36.9 Å². The summed E-state index contributed by atoms with van der Waals surface area (Å²) in [5.41, 5.74) is 2.08. The Kier molecular flexibility index (Phi) is 5.36. The van der Waals surface area contributed by atoms with Gasteiger partial charge in [-0.2, -0.15) is 18.4 Å². The van der Waals surface area contributed by atoms with Crippen LogP contribution < -0.4 is 4.90 Å². The lowest BCUT2D eigenvalue weighted by atomic mass is 10.1. The molecule has 0 saturated carbocycles. The number of likely N-dealkylation sites (tertiary alicyclic amines) is 1. The lowest BCUT2D eigenvalue weighted by Crippen LogP contribution is -2.53. The van der Waals surface area contributed by atoms with Crippen molar-refractivity contribution in [1.29, 1.82) is 5.26 Å². The number of hydrogen-bond donors (Lipinski definition) is 0. The topological polar surface area (TPSA) is 52.4 Å². The van der Waals surface area contributed by atoms with Gasteiger partial charge in [0.15, 0.2) is 0 Å². The third kappa shape index (κ3) is 4.02. The molecule has 2 aromatic rings. The summed E-state index contributed by atoms with van der Waals surface area (Å²) in [6.07, 6.45) is -2.26. The number of aromatic nitrogens is 1. The van der Waals surface area contributed by atoms with E-state index >= 15 is 0 Å². The summed E-state index contributed by atoms with van der Waals surface area (Å²) < 4.78 is 45.9. The zero-order valence-electron chi connectivity index (χ0n) is 16.2. The molecule has 0 unspecified atom stereocenters. The van der Waals surface area contributed by atoms with E-state index in [2.05, 4.69) is 16.0 Å². The van der Waals surface area contributed by atoms with E-state index in [0.29, 0.717) is 37.1 Å². The van der Waals surface area contributed by atoms with Crippen LogP contribution in [0.2, 0.25) is 0 Å². The predicted molar refractivity (Wildman–Crippen MR) is 104 cm³/mol. The Labute approximate surface area is 167 Å². The van der Waals surface area contributed by atoms with Crippen LogP contribution in [0.15, 0.2) is 30.5 Å². The Morgan fingerprint density at radius 2 is 2.10 bits per heavy atom. The highest BCUT2D eigenvalue weighted by Gasteiger charge is 2.46. The molecule has 0 bridgehead atoms. The minimum atomic E-state index is -4.20. The highest BCUT2D eigenvalue weighted by Crippen LogP contribution is 2.34. The highest BCUT2D eigenvalue weighted by molar-refractivity contribution is 5.95. The van der Waals surface area contributed by atoms with Gasteiger partial charge in [-0.3, -0.25) is 9.88 Å². The molecule has 2 fully saturated rings. The Balaban J connectivity index is 1.57. The number of nitriles is 1. The zero-order chi connectivity index (χ0) is 20.6. The van der Waals surface area contributed by atoms with Gasteiger partial charge in [-0.25, -0.2) is 0 Å². The Hall–Kier alpha value is -2.37. The summed E-state index contributed by atoms with van der Waals surface area (Å²) in [5, 5.41) is 10.2. The molecule has 0 radical (unpaired) electrons. The standard InChI is InChI=1S/C21H23F3N4O/c1-14-11-28(18-7-6-15(10-25)20-17(18)4-2-8-26-20)13-16(29-14)12-27-9-3-5-19(27)21(22,23)24/h2,4,6-8,14,16,19H,3,5,9,11-13H2,1H3/t14-,16-,19+/m1/s1. The SMILES string of the molecule is C[C@@H]1CN(c2ccc(C#N)c3ncccc23)C[C@@H](CN2CCC[C@H]2C(F)(F)F)O1. The molecule has 1 aromatic heterocycles. The molecule has 0 aliphatic carbocycles. The van der Waals surface area contributed by atoms with Crippen LogP contribution in [0.3, 0.4) is 0 Å². The molecule has 2 aliphatic heterocycles. The summed E-state index contributed by atoms with van der Waals surface area (Å²) in [6.45, 7) is 3.78.